The average molecular weight is 613 g/mol. The molecule has 0 spiro atoms. The number of carboxylic acids is 4. The maximum Gasteiger partial charge on any atom is 0.322 e. The topological polar surface area (TPSA) is 318 Å². The van der Waals surface area contributed by atoms with Gasteiger partial charge in [-0.3, -0.25) is 38.4 Å². The zero-order chi connectivity index (χ0) is 30.8. The summed E-state index contributed by atoms with van der Waals surface area (Å²) in [6, 6.07) is -5.16. The number of hydrogen-bond donors (Lipinski definition) is 10. The van der Waals surface area contributed by atoms with E-state index in [1.165, 1.54) is 0 Å². The van der Waals surface area contributed by atoms with Gasteiger partial charge in [0.15, 0.2) is 0 Å². The van der Waals surface area contributed by atoms with Gasteiger partial charge in [-0.05, 0) is 12.8 Å². The lowest BCUT2D eigenvalue weighted by Gasteiger charge is -2.20. The Bertz CT molecular complexity index is 879. The van der Waals surface area contributed by atoms with Crippen LogP contribution in [0.15, 0.2) is 0 Å². The standard InChI is InChI=1S/C20H32N6O12S2/c21-9(19(35)36)1-3-13(27)25-11(17(33)23-5-15(29)30)7-39-40-8-12(18(34)24-6-16(31)32)26-14(28)4-2-10(22)20(37)38/h9-12H,1-8,21-22H2,(H,23,33)(H,24,34)(H,25,27)(H,26,28)(H,29,30)(H,31,32)(H,35,36)(H,37,38)/t9?,10?,11-,12-/m0/s1. The Kier molecular flexibility index (Phi) is 17.7. The van der Waals surface area contributed by atoms with Gasteiger partial charge in [0.2, 0.25) is 23.6 Å². The molecule has 0 bridgehead atoms. The van der Waals surface area contributed by atoms with Gasteiger partial charge in [0, 0.05) is 24.3 Å². The second-order valence-electron chi connectivity index (χ2n) is 8.00. The van der Waals surface area contributed by atoms with Crippen molar-refractivity contribution in [2.45, 2.75) is 49.9 Å². The third-order valence-electron chi connectivity index (χ3n) is 4.68. The average Bonchev–Trinajstić information content (AvgIpc) is 2.87. The predicted molar refractivity (Wildman–Crippen MR) is 140 cm³/mol. The fourth-order valence-corrected chi connectivity index (χ4v) is 4.85. The molecule has 0 saturated carbocycles. The summed E-state index contributed by atoms with van der Waals surface area (Å²) < 4.78 is 0. The number of carboxylic acid groups (broad SMARTS) is 4. The number of aliphatic carboxylic acids is 4. The highest BCUT2D eigenvalue weighted by Gasteiger charge is 2.25. The minimum absolute atomic E-state index is 0.155. The van der Waals surface area contributed by atoms with Gasteiger partial charge in [-0.2, -0.15) is 0 Å². The highest BCUT2D eigenvalue weighted by atomic mass is 33.1. The van der Waals surface area contributed by atoms with E-state index >= 15 is 0 Å². The van der Waals surface area contributed by atoms with Crippen LogP contribution in [0, 0.1) is 0 Å². The van der Waals surface area contributed by atoms with Crippen molar-refractivity contribution in [2.24, 2.45) is 11.5 Å². The highest BCUT2D eigenvalue weighted by Crippen LogP contribution is 2.23. The van der Waals surface area contributed by atoms with E-state index < -0.39 is 84.8 Å². The van der Waals surface area contributed by atoms with E-state index in [4.69, 9.17) is 31.9 Å². The SMILES string of the molecule is NC(CCC(=O)N[C@@H](CSSC[C@H](NC(=O)CCC(N)C(=O)O)C(=O)NCC(=O)O)C(=O)NCC(=O)O)C(=O)O. The van der Waals surface area contributed by atoms with Gasteiger partial charge in [-0.25, -0.2) is 0 Å². The Labute approximate surface area is 235 Å². The van der Waals surface area contributed by atoms with Crippen LogP contribution in [0.3, 0.4) is 0 Å². The summed E-state index contributed by atoms with van der Waals surface area (Å²) >= 11 is 0. The van der Waals surface area contributed by atoms with E-state index in [1.54, 1.807) is 0 Å². The van der Waals surface area contributed by atoms with Crippen LogP contribution in [0.5, 0.6) is 0 Å². The van der Waals surface area contributed by atoms with Crippen molar-refractivity contribution < 1.29 is 58.8 Å². The monoisotopic (exact) mass is 612 g/mol. The maximum atomic E-state index is 12.4. The molecular formula is C20H32N6O12S2. The van der Waals surface area contributed by atoms with Gasteiger partial charge in [0.25, 0.3) is 0 Å². The van der Waals surface area contributed by atoms with Crippen LogP contribution in [0.1, 0.15) is 25.7 Å². The van der Waals surface area contributed by atoms with Crippen molar-refractivity contribution >= 4 is 69.1 Å². The molecule has 226 valence electrons. The van der Waals surface area contributed by atoms with Gasteiger partial charge >= 0.3 is 23.9 Å². The normalized spacial score (nSPS) is 13.6. The minimum Gasteiger partial charge on any atom is -0.480 e. The molecule has 20 heteroatoms. The fourth-order valence-electron chi connectivity index (χ4n) is 2.52. The molecular weight excluding hydrogens is 580 g/mol. The molecule has 0 aliphatic rings. The Morgan fingerprint density at radius 1 is 0.600 bits per heavy atom. The highest BCUT2D eigenvalue weighted by molar-refractivity contribution is 8.76. The summed E-state index contributed by atoms with van der Waals surface area (Å²) in [5, 5.41) is 44.1. The van der Waals surface area contributed by atoms with Crippen LogP contribution in [-0.4, -0.2) is 117 Å². The zero-order valence-electron chi connectivity index (χ0n) is 21.0. The molecule has 0 aromatic carbocycles. The lowest BCUT2D eigenvalue weighted by atomic mass is 10.1. The van der Waals surface area contributed by atoms with Crippen molar-refractivity contribution in [3.63, 3.8) is 0 Å². The number of amides is 4. The molecule has 0 fully saturated rings. The molecule has 40 heavy (non-hydrogen) atoms. The van der Waals surface area contributed by atoms with E-state index in [0.717, 1.165) is 21.6 Å². The third kappa shape index (κ3) is 17.1. The summed E-state index contributed by atoms with van der Waals surface area (Å²) in [6.45, 7) is -1.48. The molecule has 2 unspecified atom stereocenters. The van der Waals surface area contributed by atoms with Crippen molar-refractivity contribution in [3.8, 4) is 0 Å². The van der Waals surface area contributed by atoms with E-state index in [1.807, 2.05) is 0 Å². The quantitative estimate of drug-likeness (QED) is 0.0437. The molecule has 12 N–H and O–H groups in total. The molecule has 0 radical (unpaired) electrons. The summed E-state index contributed by atoms with van der Waals surface area (Å²) in [6.07, 6.45) is -1.12. The first-order chi connectivity index (χ1) is 18.6. The van der Waals surface area contributed by atoms with Gasteiger partial charge in [-0.1, -0.05) is 21.6 Å². The van der Waals surface area contributed by atoms with E-state index in [2.05, 4.69) is 21.3 Å². The van der Waals surface area contributed by atoms with Crippen LogP contribution in [0.4, 0.5) is 0 Å². The van der Waals surface area contributed by atoms with Gasteiger partial charge in [0.1, 0.15) is 37.3 Å². The number of carbonyl (C=O) groups excluding carboxylic acids is 4. The Balaban J connectivity index is 5.18. The Morgan fingerprint density at radius 2 is 0.925 bits per heavy atom. The molecule has 18 nitrogen and oxygen atoms in total. The first kappa shape index (κ1) is 36.4. The van der Waals surface area contributed by atoms with Gasteiger partial charge in [0.05, 0.1) is 0 Å². The molecule has 4 amide bonds. The molecule has 0 rings (SSSR count). The van der Waals surface area contributed by atoms with Crippen molar-refractivity contribution in [1.29, 1.82) is 0 Å². The minimum atomic E-state index is -1.34. The fraction of sp³-hybridized carbons (Fsp3) is 0.600. The maximum absolute atomic E-state index is 12.4. The lowest BCUT2D eigenvalue weighted by molar-refractivity contribution is -0.140. The molecule has 0 aromatic heterocycles. The molecule has 0 aliphatic heterocycles. The Hall–Kier alpha value is -3.62. The third-order valence-corrected chi connectivity index (χ3v) is 7.11. The first-order valence-electron chi connectivity index (χ1n) is 11.4. The summed E-state index contributed by atoms with van der Waals surface area (Å²) in [7, 11) is 1.89. The smallest absolute Gasteiger partial charge is 0.322 e. The summed E-state index contributed by atoms with van der Waals surface area (Å²) in [5.74, 6) is -8.81. The van der Waals surface area contributed by atoms with Crippen LogP contribution in [-0.2, 0) is 38.4 Å². The van der Waals surface area contributed by atoms with Crippen LogP contribution in [0.2, 0.25) is 0 Å². The number of nitrogens with one attached hydrogen (secondary N) is 4. The van der Waals surface area contributed by atoms with E-state index in [0.29, 0.717) is 0 Å². The van der Waals surface area contributed by atoms with Crippen molar-refractivity contribution in [3.05, 3.63) is 0 Å². The number of hydrogen-bond acceptors (Lipinski definition) is 12. The van der Waals surface area contributed by atoms with E-state index in [-0.39, 0.29) is 37.2 Å². The number of rotatable bonds is 21. The molecule has 0 heterocycles. The van der Waals surface area contributed by atoms with Crippen molar-refractivity contribution in [2.75, 3.05) is 24.6 Å². The van der Waals surface area contributed by atoms with Crippen molar-refractivity contribution in [1.82, 2.24) is 21.3 Å². The predicted octanol–water partition coefficient (Wildman–Crippen LogP) is -3.88. The van der Waals surface area contributed by atoms with E-state index in [9.17, 15) is 38.4 Å². The molecule has 0 saturated heterocycles. The summed E-state index contributed by atoms with van der Waals surface area (Å²) in [4.78, 5) is 92.3. The van der Waals surface area contributed by atoms with Crippen LogP contribution >= 0.6 is 21.6 Å². The summed E-state index contributed by atoms with van der Waals surface area (Å²) in [5.41, 5.74) is 10.7. The van der Waals surface area contributed by atoms with Crippen LogP contribution in [0.25, 0.3) is 0 Å². The second kappa shape index (κ2) is 19.4. The second-order valence-corrected chi connectivity index (χ2v) is 10.6. The molecule has 0 aliphatic carbocycles. The number of carbonyl (C=O) groups is 8. The Morgan fingerprint density at radius 3 is 1.20 bits per heavy atom. The molecule has 4 atom stereocenters. The van der Waals surface area contributed by atoms with Crippen LogP contribution < -0.4 is 32.7 Å². The molecule has 0 aromatic rings. The lowest BCUT2D eigenvalue weighted by Crippen LogP contribution is -2.50. The number of nitrogens with two attached hydrogens (primary N) is 2. The first-order valence-corrected chi connectivity index (χ1v) is 13.9. The van der Waals surface area contributed by atoms with Gasteiger partial charge in [-0.15, -0.1) is 0 Å². The van der Waals surface area contributed by atoms with Gasteiger partial charge < -0.3 is 53.2 Å². The zero-order valence-corrected chi connectivity index (χ0v) is 22.6. The largest absolute Gasteiger partial charge is 0.480 e.